The van der Waals surface area contributed by atoms with E-state index in [1.807, 2.05) is 0 Å². The van der Waals surface area contributed by atoms with E-state index >= 15 is 0 Å². The standard InChI is InChI=1S/C11H16N6O3/c12-5-9(18)13-6-8-7-16(15-14-8)3-4-17-10(19)1-2-11(17)20/h7H,1-6,12H2,(H,13,18). The minimum atomic E-state index is -0.271. The van der Waals surface area contributed by atoms with Crippen LogP contribution in [0.2, 0.25) is 0 Å². The number of carbonyl (C=O) groups excluding carboxylic acids is 3. The second kappa shape index (κ2) is 6.24. The summed E-state index contributed by atoms with van der Waals surface area (Å²) < 4.78 is 1.53. The number of imide groups is 1. The number of amides is 3. The van der Waals surface area contributed by atoms with Gasteiger partial charge in [0.2, 0.25) is 17.7 Å². The minimum absolute atomic E-state index is 0.0761. The molecule has 2 heterocycles. The fourth-order valence-corrected chi connectivity index (χ4v) is 1.86. The highest BCUT2D eigenvalue weighted by Crippen LogP contribution is 2.11. The lowest BCUT2D eigenvalue weighted by atomic mass is 10.4. The number of nitrogens with one attached hydrogen (secondary N) is 1. The molecule has 9 nitrogen and oxygen atoms in total. The summed E-state index contributed by atoms with van der Waals surface area (Å²) in [6, 6.07) is 0. The fourth-order valence-electron chi connectivity index (χ4n) is 1.86. The van der Waals surface area contributed by atoms with Crippen LogP contribution in [0.25, 0.3) is 0 Å². The Hall–Kier alpha value is -2.29. The van der Waals surface area contributed by atoms with Crippen LogP contribution in [-0.2, 0) is 27.5 Å². The first-order valence-corrected chi connectivity index (χ1v) is 6.29. The summed E-state index contributed by atoms with van der Waals surface area (Å²) >= 11 is 0. The Morgan fingerprint density at radius 1 is 1.30 bits per heavy atom. The van der Waals surface area contributed by atoms with Crippen molar-refractivity contribution in [1.82, 2.24) is 25.2 Å². The monoisotopic (exact) mass is 280 g/mol. The summed E-state index contributed by atoms with van der Waals surface area (Å²) in [5, 5.41) is 10.3. The van der Waals surface area contributed by atoms with E-state index < -0.39 is 0 Å². The van der Waals surface area contributed by atoms with Crippen LogP contribution < -0.4 is 11.1 Å². The molecule has 2 rings (SSSR count). The average Bonchev–Trinajstić information content (AvgIpc) is 3.02. The zero-order valence-corrected chi connectivity index (χ0v) is 10.9. The van der Waals surface area contributed by atoms with Gasteiger partial charge in [0.15, 0.2) is 0 Å². The number of hydrogen-bond acceptors (Lipinski definition) is 6. The van der Waals surface area contributed by atoms with Crippen LogP contribution in [0.15, 0.2) is 6.20 Å². The molecule has 108 valence electrons. The number of nitrogens with zero attached hydrogens (tertiary/aromatic N) is 4. The Balaban J connectivity index is 1.82. The van der Waals surface area contributed by atoms with E-state index in [1.165, 1.54) is 9.58 Å². The van der Waals surface area contributed by atoms with Gasteiger partial charge in [-0.05, 0) is 0 Å². The van der Waals surface area contributed by atoms with Gasteiger partial charge in [-0.1, -0.05) is 5.21 Å². The van der Waals surface area contributed by atoms with Gasteiger partial charge in [-0.2, -0.15) is 0 Å². The Labute approximate surface area is 115 Å². The molecule has 9 heteroatoms. The zero-order valence-electron chi connectivity index (χ0n) is 10.9. The number of likely N-dealkylation sites (tertiary alicyclic amines) is 1. The van der Waals surface area contributed by atoms with Crippen LogP contribution in [0.1, 0.15) is 18.5 Å². The lowest BCUT2D eigenvalue weighted by Crippen LogP contribution is -2.32. The molecule has 0 aromatic carbocycles. The van der Waals surface area contributed by atoms with Crippen molar-refractivity contribution >= 4 is 17.7 Å². The Morgan fingerprint density at radius 3 is 2.65 bits per heavy atom. The molecule has 1 aliphatic rings. The molecule has 0 aliphatic carbocycles. The lowest BCUT2D eigenvalue weighted by molar-refractivity contribution is -0.138. The highest BCUT2D eigenvalue weighted by Gasteiger charge is 2.28. The molecule has 20 heavy (non-hydrogen) atoms. The van der Waals surface area contributed by atoms with Gasteiger partial charge in [0.25, 0.3) is 0 Å². The fraction of sp³-hybridized carbons (Fsp3) is 0.545. The van der Waals surface area contributed by atoms with Crippen molar-refractivity contribution in [3.8, 4) is 0 Å². The quantitative estimate of drug-likeness (QED) is 0.581. The first-order chi connectivity index (χ1) is 9.60. The molecule has 0 radical (unpaired) electrons. The Bertz CT molecular complexity index is 510. The molecule has 3 amide bonds. The maximum atomic E-state index is 11.4. The number of rotatable bonds is 6. The van der Waals surface area contributed by atoms with Crippen LogP contribution in [0, 0.1) is 0 Å². The van der Waals surface area contributed by atoms with Gasteiger partial charge < -0.3 is 11.1 Å². The van der Waals surface area contributed by atoms with Crippen molar-refractivity contribution in [2.45, 2.75) is 25.9 Å². The van der Waals surface area contributed by atoms with Crippen LogP contribution >= 0.6 is 0 Å². The van der Waals surface area contributed by atoms with Crippen molar-refractivity contribution < 1.29 is 14.4 Å². The first-order valence-electron chi connectivity index (χ1n) is 6.29. The van der Waals surface area contributed by atoms with Crippen LogP contribution in [0.5, 0.6) is 0 Å². The van der Waals surface area contributed by atoms with Gasteiger partial charge in [0, 0.05) is 19.4 Å². The molecule has 0 unspecified atom stereocenters. The molecule has 0 saturated carbocycles. The maximum absolute atomic E-state index is 11.4. The van der Waals surface area contributed by atoms with Gasteiger partial charge in [-0.25, -0.2) is 0 Å². The van der Waals surface area contributed by atoms with E-state index in [2.05, 4.69) is 15.6 Å². The third-order valence-corrected chi connectivity index (χ3v) is 2.95. The summed E-state index contributed by atoms with van der Waals surface area (Å²) in [7, 11) is 0. The van der Waals surface area contributed by atoms with Crippen molar-refractivity contribution in [2.75, 3.05) is 13.1 Å². The first kappa shape index (κ1) is 14.1. The molecule has 1 aromatic heterocycles. The molecule has 1 aliphatic heterocycles. The van der Waals surface area contributed by atoms with E-state index in [0.29, 0.717) is 12.2 Å². The van der Waals surface area contributed by atoms with Gasteiger partial charge >= 0.3 is 0 Å². The molecule has 1 fully saturated rings. The summed E-state index contributed by atoms with van der Waals surface area (Å²) in [6.45, 7) is 0.843. The Morgan fingerprint density at radius 2 is 2.00 bits per heavy atom. The SMILES string of the molecule is NCC(=O)NCc1cn(CCN2C(=O)CCC2=O)nn1. The van der Waals surface area contributed by atoms with Crippen molar-refractivity contribution in [1.29, 1.82) is 0 Å². The van der Waals surface area contributed by atoms with Gasteiger partial charge in [-0.3, -0.25) is 24.0 Å². The molecule has 1 aromatic rings. The second-order valence-electron chi connectivity index (χ2n) is 4.39. The van der Waals surface area contributed by atoms with Crippen LogP contribution in [-0.4, -0.2) is 50.7 Å². The zero-order chi connectivity index (χ0) is 14.5. The Kier molecular flexibility index (Phi) is 4.41. The van der Waals surface area contributed by atoms with Crippen molar-refractivity contribution in [2.24, 2.45) is 5.73 Å². The van der Waals surface area contributed by atoms with Crippen molar-refractivity contribution in [3.05, 3.63) is 11.9 Å². The molecule has 0 bridgehead atoms. The van der Waals surface area contributed by atoms with E-state index in [4.69, 9.17) is 5.73 Å². The van der Waals surface area contributed by atoms with E-state index in [0.717, 1.165) is 0 Å². The van der Waals surface area contributed by atoms with Crippen LogP contribution in [0.4, 0.5) is 0 Å². The summed E-state index contributed by atoms with van der Waals surface area (Å²) in [5.41, 5.74) is 5.75. The third kappa shape index (κ3) is 3.38. The van der Waals surface area contributed by atoms with Crippen molar-refractivity contribution in [3.63, 3.8) is 0 Å². The molecule has 0 atom stereocenters. The number of aromatic nitrogens is 3. The average molecular weight is 280 g/mol. The van der Waals surface area contributed by atoms with Crippen LogP contribution in [0.3, 0.4) is 0 Å². The highest BCUT2D eigenvalue weighted by atomic mass is 16.2. The van der Waals surface area contributed by atoms with Gasteiger partial charge in [0.05, 0.1) is 25.8 Å². The molecular weight excluding hydrogens is 264 g/mol. The summed E-state index contributed by atoms with van der Waals surface area (Å²) in [6.07, 6.45) is 2.22. The van der Waals surface area contributed by atoms with E-state index in [9.17, 15) is 14.4 Å². The number of nitrogens with two attached hydrogens (primary N) is 1. The maximum Gasteiger partial charge on any atom is 0.234 e. The number of hydrogen-bond donors (Lipinski definition) is 2. The largest absolute Gasteiger partial charge is 0.349 e. The molecule has 1 saturated heterocycles. The summed E-state index contributed by atoms with van der Waals surface area (Å²) in [5.74, 6) is -0.566. The summed E-state index contributed by atoms with van der Waals surface area (Å²) in [4.78, 5) is 35.1. The third-order valence-electron chi connectivity index (χ3n) is 2.95. The van der Waals surface area contributed by atoms with Gasteiger partial charge in [-0.15, -0.1) is 5.10 Å². The molecule has 0 spiro atoms. The normalized spacial score (nSPS) is 14.9. The van der Waals surface area contributed by atoms with E-state index in [1.54, 1.807) is 6.20 Å². The highest BCUT2D eigenvalue weighted by molar-refractivity contribution is 6.01. The minimum Gasteiger partial charge on any atom is -0.349 e. The topological polar surface area (TPSA) is 123 Å². The van der Waals surface area contributed by atoms with E-state index in [-0.39, 0.29) is 50.2 Å². The second-order valence-corrected chi connectivity index (χ2v) is 4.39. The lowest BCUT2D eigenvalue weighted by Gasteiger charge is -2.12. The van der Waals surface area contributed by atoms with Gasteiger partial charge in [0.1, 0.15) is 5.69 Å². The number of carbonyl (C=O) groups is 3. The predicted molar refractivity (Wildman–Crippen MR) is 66.9 cm³/mol. The predicted octanol–water partition coefficient (Wildman–Crippen LogP) is -2.00. The molecular formula is C11H16N6O3. The molecule has 3 N–H and O–H groups in total. The smallest absolute Gasteiger partial charge is 0.234 e.